The van der Waals surface area contributed by atoms with Gasteiger partial charge in [0.1, 0.15) is 10.5 Å². The van der Waals surface area contributed by atoms with Gasteiger partial charge in [0.05, 0.1) is 11.1 Å². The summed E-state index contributed by atoms with van der Waals surface area (Å²) in [6, 6.07) is 0. The van der Waals surface area contributed by atoms with Gasteiger partial charge in [-0.25, -0.2) is 9.78 Å². The number of hydrogen-bond donors (Lipinski definition) is 4. The predicted octanol–water partition coefficient (Wildman–Crippen LogP) is 1.53. The number of rotatable bonds is 4. The number of thiophene rings is 1. The molecule has 29 heavy (non-hydrogen) atoms. The molecule has 0 aliphatic heterocycles. The number of thioether (sulfide) groups is 1. The van der Waals surface area contributed by atoms with Crippen LogP contribution in [0.15, 0.2) is 19.5 Å². The number of carbonyl (C=O) groups is 1. The molecule has 1 amide bonds. The molecule has 4 rings (SSSR count). The molecule has 3 aromatic rings. The maximum atomic E-state index is 12.6. The van der Waals surface area contributed by atoms with E-state index in [1.165, 1.54) is 11.8 Å². The van der Waals surface area contributed by atoms with Crippen LogP contribution in [0.1, 0.15) is 29.5 Å². The van der Waals surface area contributed by atoms with E-state index in [4.69, 9.17) is 0 Å². The summed E-state index contributed by atoms with van der Waals surface area (Å²) < 4.78 is 0. The molecule has 0 saturated heterocycles. The summed E-state index contributed by atoms with van der Waals surface area (Å²) in [5.41, 5.74) is -0.119. The second-order valence-electron chi connectivity index (χ2n) is 7.15. The molecule has 4 N–H and O–H groups in total. The van der Waals surface area contributed by atoms with Crippen molar-refractivity contribution in [2.75, 3.05) is 11.1 Å². The molecule has 0 aromatic carbocycles. The zero-order valence-electron chi connectivity index (χ0n) is 15.8. The van der Waals surface area contributed by atoms with Crippen LogP contribution in [-0.2, 0) is 17.6 Å². The standard InChI is InChI=1S/C18H19N5O4S2/c1-7-3-4-9-10(5-7)29-16-12(9)14(25)22-18(23-16)28-6-11(24)20-13-8(2)19-17(27)21-15(13)26/h7H,3-6H2,1-2H3,(H,20,24)(H,22,23,25)(H2,19,21,26,27). The average Bonchev–Trinajstić information content (AvgIpc) is 3.00. The molecule has 0 fully saturated rings. The van der Waals surface area contributed by atoms with Crippen molar-refractivity contribution in [3.05, 3.63) is 47.3 Å². The first-order valence-electron chi connectivity index (χ1n) is 9.12. The lowest BCUT2D eigenvalue weighted by atomic mass is 9.89. The molecular formula is C18H19N5O4S2. The fourth-order valence-electron chi connectivity index (χ4n) is 3.46. The number of H-pyrrole nitrogens is 3. The van der Waals surface area contributed by atoms with Crippen LogP contribution in [0, 0.1) is 12.8 Å². The molecule has 0 spiro atoms. The van der Waals surface area contributed by atoms with Gasteiger partial charge in [-0.15, -0.1) is 11.3 Å². The van der Waals surface area contributed by atoms with E-state index in [-0.39, 0.29) is 22.7 Å². The molecule has 0 saturated carbocycles. The van der Waals surface area contributed by atoms with Gasteiger partial charge in [0.25, 0.3) is 11.1 Å². The number of anilines is 1. The normalized spacial score (nSPS) is 16.0. The Kier molecular flexibility index (Phi) is 5.17. The van der Waals surface area contributed by atoms with Crippen molar-refractivity contribution in [1.82, 2.24) is 19.9 Å². The summed E-state index contributed by atoms with van der Waals surface area (Å²) in [5, 5.41) is 3.51. The van der Waals surface area contributed by atoms with Gasteiger partial charge >= 0.3 is 5.69 Å². The van der Waals surface area contributed by atoms with Gasteiger partial charge in [0, 0.05) is 10.6 Å². The summed E-state index contributed by atoms with van der Waals surface area (Å²) in [7, 11) is 0. The van der Waals surface area contributed by atoms with Crippen molar-refractivity contribution >= 4 is 44.9 Å². The minimum Gasteiger partial charge on any atom is -0.319 e. The Morgan fingerprint density at radius 1 is 1.24 bits per heavy atom. The van der Waals surface area contributed by atoms with E-state index >= 15 is 0 Å². The van der Waals surface area contributed by atoms with Gasteiger partial charge in [-0.2, -0.15) is 0 Å². The predicted molar refractivity (Wildman–Crippen MR) is 113 cm³/mol. The number of fused-ring (bicyclic) bond motifs is 3. The Morgan fingerprint density at radius 2 is 2.03 bits per heavy atom. The number of nitrogens with zero attached hydrogens (tertiary/aromatic N) is 1. The number of amides is 1. The van der Waals surface area contributed by atoms with Crippen LogP contribution in [-0.4, -0.2) is 31.6 Å². The molecule has 9 nitrogen and oxygen atoms in total. The quantitative estimate of drug-likeness (QED) is 0.363. The second kappa shape index (κ2) is 7.64. The molecule has 3 heterocycles. The fraction of sp³-hybridized carbons (Fsp3) is 0.389. The first-order valence-corrected chi connectivity index (χ1v) is 10.9. The number of hydrogen-bond acceptors (Lipinski definition) is 7. The van der Waals surface area contributed by atoms with Crippen molar-refractivity contribution < 1.29 is 4.79 Å². The number of nitrogens with one attached hydrogen (secondary N) is 4. The number of aryl methyl sites for hydroxylation is 2. The topological polar surface area (TPSA) is 141 Å². The zero-order chi connectivity index (χ0) is 20.7. The fourth-order valence-corrected chi connectivity index (χ4v) is 5.56. The van der Waals surface area contributed by atoms with Gasteiger partial charge in [0.15, 0.2) is 5.16 Å². The lowest BCUT2D eigenvalue weighted by Gasteiger charge is -2.17. The Hall–Kier alpha value is -2.66. The Bertz CT molecular complexity index is 1290. The molecule has 1 atom stereocenters. The summed E-state index contributed by atoms with van der Waals surface area (Å²) in [4.78, 5) is 61.6. The summed E-state index contributed by atoms with van der Waals surface area (Å²) in [6.07, 6.45) is 2.93. The van der Waals surface area contributed by atoms with E-state index in [0.29, 0.717) is 21.3 Å². The molecule has 152 valence electrons. The van der Waals surface area contributed by atoms with E-state index in [1.54, 1.807) is 11.3 Å². The molecule has 0 bridgehead atoms. The molecule has 1 aliphatic rings. The van der Waals surface area contributed by atoms with Gasteiger partial charge < -0.3 is 15.3 Å². The van der Waals surface area contributed by atoms with Gasteiger partial charge in [-0.1, -0.05) is 18.7 Å². The van der Waals surface area contributed by atoms with Gasteiger partial charge in [0.2, 0.25) is 5.91 Å². The number of carbonyl (C=O) groups excluding carboxylic acids is 1. The van der Waals surface area contributed by atoms with Crippen LogP contribution >= 0.6 is 23.1 Å². The van der Waals surface area contributed by atoms with Gasteiger partial charge in [-0.3, -0.25) is 19.4 Å². The molecule has 1 unspecified atom stereocenters. The van der Waals surface area contributed by atoms with Crippen molar-refractivity contribution in [3.63, 3.8) is 0 Å². The monoisotopic (exact) mass is 433 g/mol. The highest BCUT2D eigenvalue weighted by Crippen LogP contribution is 2.36. The smallest absolute Gasteiger partial charge is 0.319 e. The molecule has 11 heteroatoms. The lowest BCUT2D eigenvalue weighted by Crippen LogP contribution is -2.29. The van der Waals surface area contributed by atoms with Crippen LogP contribution in [0.5, 0.6) is 0 Å². The first kappa shape index (κ1) is 19.6. The third kappa shape index (κ3) is 3.92. The Labute approximate surface area is 172 Å². The molecule has 1 aliphatic carbocycles. The van der Waals surface area contributed by atoms with Crippen molar-refractivity contribution in [2.45, 2.75) is 38.3 Å². The highest BCUT2D eigenvalue weighted by Gasteiger charge is 2.23. The first-order chi connectivity index (χ1) is 13.8. The largest absolute Gasteiger partial charge is 0.326 e. The Balaban J connectivity index is 1.52. The van der Waals surface area contributed by atoms with Gasteiger partial charge in [-0.05, 0) is 37.7 Å². The molecule has 3 aromatic heterocycles. The maximum absolute atomic E-state index is 12.6. The van der Waals surface area contributed by atoms with Crippen LogP contribution in [0.4, 0.5) is 5.69 Å². The van der Waals surface area contributed by atoms with Crippen molar-refractivity contribution in [1.29, 1.82) is 0 Å². The third-order valence-corrected chi connectivity index (χ3v) is 6.90. The number of aromatic nitrogens is 4. The molecule has 0 radical (unpaired) electrons. The van der Waals surface area contributed by atoms with Crippen molar-refractivity contribution in [3.8, 4) is 0 Å². The van der Waals surface area contributed by atoms with E-state index in [1.807, 2.05) is 0 Å². The lowest BCUT2D eigenvalue weighted by molar-refractivity contribution is -0.113. The summed E-state index contributed by atoms with van der Waals surface area (Å²) in [5.74, 6) is 0.110. The van der Waals surface area contributed by atoms with Crippen LogP contribution < -0.4 is 22.1 Å². The highest BCUT2D eigenvalue weighted by atomic mass is 32.2. The van der Waals surface area contributed by atoms with Crippen LogP contribution in [0.2, 0.25) is 0 Å². The van der Waals surface area contributed by atoms with E-state index < -0.39 is 17.2 Å². The minimum atomic E-state index is -0.670. The highest BCUT2D eigenvalue weighted by molar-refractivity contribution is 7.99. The second-order valence-corrected chi connectivity index (χ2v) is 9.20. The average molecular weight is 434 g/mol. The summed E-state index contributed by atoms with van der Waals surface area (Å²) in [6.45, 7) is 3.73. The molecular weight excluding hydrogens is 414 g/mol. The zero-order valence-corrected chi connectivity index (χ0v) is 17.4. The minimum absolute atomic E-state index is 0.00726. The SMILES string of the molecule is Cc1[nH]c(=O)[nH]c(=O)c1NC(=O)CSc1nc2sc3c(c2c(=O)[nH]1)CCC(C)C3. The van der Waals surface area contributed by atoms with Crippen LogP contribution in [0.3, 0.4) is 0 Å². The third-order valence-electron chi connectivity index (χ3n) is 4.88. The Morgan fingerprint density at radius 3 is 2.79 bits per heavy atom. The number of aromatic amines is 3. The van der Waals surface area contributed by atoms with E-state index in [2.05, 4.69) is 32.2 Å². The van der Waals surface area contributed by atoms with E-state index in [9.17, 15) is 19.2 Å². The van der Waals surface area contributed by atoms with Crippen LogP contribution in [0.25, 0.3) is 10.2 Å². The van der Waals surface area contributed by atoms with Crippen molar-refractivity contribution in [2.24, 2.45) is 5.92 Å². The maximum Gasteiger partial charge on any atom is 0.326 e. The van der Waals surface area contributed by atoms with E-state index in [0.717, 1.165) is 36.6 Å². The summed E-state index contributed by atoms with van der Waals surface area (Å²) >= 11 is 2.63.